The van der Waals surface area contributed by atoms with Gasteiger partial charge in [0, 0.05) is 24.9 Å². The van der Waals surface area contributed by atoms with Gasteiger partial charge in [-0.25, -0.2) is 0 Å². The van der Waals surface area contributed by atoms with E-state index in [0.717, 1.165) is 32.2 Å². The van der Waals surface area contributed by atoms with Gasteiger partial charge >= 0.3 is 0 Å². The lowest BCUT2D eigenvalue weighted by molar-refractivity contribution is -0.138. The minimum absolute atomic E-state index is 0.157. The first-order chi connectivity index (χ1) is 10.6. The van der Waals surface area contributed by atoms with Gasteiger partial charge in [0.15, 0.2) is 0 Å². The summed E-state index contributed by atoms with van der Waals surface area (Å²) >= 11 is 0. The Balaban J connectivity index is 1.61. The lowest BCUT2D eigenvalue weighted by Gasteiger charge is -2.33. The van der Waals surface area contributed by atoms with Gasteiger partial charge in [0.25, 0.3) is 0 Å². The molecule has 0 aromatic carbocycles. The summed E-state index contributed by atoms with van der Waals surface area (Å²) in [6.07, 6.45) is 8.08. The molecule has 4 atom stereocenters. The van der Waals surface area contributed by atoms with Gasteiger partial charge in [-0.2, -0.15) is 0 Å². The molecule has 22 heavy (non-hydrogen) atoms. The highest BCUT2D eigenvalue weighted by atomic mass is 16.4. The summed E-state index contributed by atoms with van der Waals surface area (Å²) in [5.74, 6) is 1.79. The summed E-state index contributed by atoms with van der Waals surface area (Å²) in [5, 5.41) is 10.3. The van der Waals surface area contributed by atoms with E-state index in [-0.39, 0.29) is 12.0 Å². The number of nitrogens with zero attached hydrogens (tertiary/aromatic N) is 1. The van der Waals surface area contributed by atoms with Crippen molar-refractivity contribution < 1.29 is 14.3 Å². The van der Waals surface area contributed by atoms with Crippen molar-refractivity contribution in [2.45, 2.75) is 64.0 Å². The van der Waals surface area contributed by atoms with Crippen LogP contribution in [0.4, 0.5) is 0 Å². The summed E-state index contributed by atoms with van der Waals surface area (Å²) in [6.45, 7) is 3.10. The van der Waals surface area contributed by atoms with Crippen molar-refractivity contribution in [2.24, 2.45) is 11.8 Å². The Morgan fingerprint density at radius 3 is 3.00 bits per heavy atom. The highest BCUT2D eigenvalue weighted by molar-refractivity contribution is 5.79. The fraction of sp³-hybridized carbons (Fsp3) is 0.722. The van der Waals surface area contributed by atoms with Crippen molar-refractivity contribution in [1.82, 2.24) is 4.90 Å². The second-order valence-corrected chi connectivity index (χ2v) is 7.06. The van der Waals surface area contributed by atoms with E-state index in [1.54, 1.807) is 18.4 Å². The molecule has 2 aliphatic rings. The number of hydrogen-bond donors (Lipinski definition) is 1. The number of likely N-dealkylation sites (tertiary alicyclic amines) is 1. The van der Waals surface area contributed by atoms with Crippen molar-refractivity contribution in [2.75, 3.05) is 6.54 Å². The number of rotatable bonds is 4. The smallest absolute Gasteiger partial charge is 0.225 e. The van der Waals surface area contributed by atoms with Gasteiger partial charge in [-0.3, -0.25) is 4.79 Å². The highest BCUT2D eigenvalue weighted by Gasteiger charge is 2.36. The molecular formula is C18H27NO3. The monoisotopic (exact) mass is 305 g/mol. The molecule has 0 bridgehead atoms. The molecule has 1 amide bonds. The first-order valence-electron chi connectivity index (χ1n) is 8.67. The number of aliphatic hydroxyl groups excluding tert-OH is 1. The molecule has 3 rings (SSSR count). The first kappa shape index (κ1) is 15.6. The van der Waals surface area contributed by atoms with Crippen molar-refractivity contribution in [3.05, 3.63) is 24.2 Å². The molecule has 4 heteroatoms. The molecular weight excluding hydrogens is 278 g/mol. The van der Waals surface area contributed by atoms with Gasteiger partial charge in [0.1, 0.15) is 11.9 Å². The van der Waals surface area contributed by atoms with Crippen LogP contribution in [0.25, 0.3) is 0 Å². The summed E-state index contributed by atoms with van der Waals surface area (Å²) in [4.78, 5) is 14.9. The molecule has 1 N–H and O–H groups in total. The van der Waals surface area contributed by atoms with E-state index in [4.69, 9.17) is 4.42 Å². The zero-order chi connectivity index (χ0) is 15.5. The molecule has 2 fully saturated rings. The second kappa shape index (κ2) is 6.86. The number of furan rings is 1. The number of carbonyl (C=O) groups is 1. The van der Waals surface area contributed by atoms with Crippen LogP contribution >= 0.6 is 0 Å². The van der Waals surface area contributed by atoms with Gasteiger partial charge in [0.05, 0.1) is 6.26 Å². The first-order valence-corrected chi connectivity index (χ1v) is 8.67. The molecule has 2 heterocycles. The second-order valence-electron chi connectivity index (χ2n) is 7.06. The highest BCUT2D eigenvalue weighted by Crippen LogP contribution is 2.34. The van der Waals surface area contributed by atoms with Crippen LogP contribution in [0.1, 0.15) is 63.7 Å². The van der Waals surface area contributed by atoms with E-state index in [1.807, 2.05) is 4.90 Å². The van der Waals surface area contributed by atoms with Crippen LogP contribution in [-0.2, 0) is 4.79 Å². The molecule has 4 nitrogen and oxygen atoms in total. The maximum absolute atomic E-state index is 12.8. The maximum Gasteiger partial charge on any atom is 0.225 e. The lowest BCUT2D eigenvalue weighted by atomic mass is 9.81. The van der Waals surface area contributed by atoms with Crippen LogP contribution in [0.2, 0.25) is 0 Å². The van der Waals surface area contributed by atoms with Crippen LogP contribution in [0, 0.1) is 11.8 Å². The molecule has 1 saturated carbocycles. The number of aliphatic hydroxyl groups is 1. The SMILES string of the molecule is CC1CCCC(C(=O)N2CCCC2CC(O)c2ccco2)C1. The van der Waals surface area contributed by atoms with E-state index >= 15 is 0 Å². The predicted octanol–water partition coefficient (Wildman–Crippen LogP) is 3.52. The number of hydrogen-bond acceptors (Lipinski definition) is 3. The largest absolute Gasteiger partial charge is 0.467 e. The van der Waals surface area contributed by atoms with E-state index in [0.29, 0.717) is 24.0 Å². The normalized spacial score (nSPS) is 30.5. The minimum Gasteiger partial charge on any atom is -0.467 e. The Kier molecular flexibility index (Phi) is 4.87. The Morgan fingerprint density at radius 1 is 1.41 bits per heavy atom. The van der Waals surface area contributed by atoms with Crippen LogP contribution in [0.5, 0.6) is 0 Å². The van der Waals surface area contributed by atoms with Crippen molar-refractivity contribution >= 4 is 5.91 Å². The molecule has 0 radical (unpaired) electrons. The van der Waals surface area contributed by atoms with E-state index < -0.39 is 6.10 Å². The molecule has 1 saturated heterocycles. The van der Waals surface area contributed by atoms with Crippen molar-refractivity contribution in [3.8, 4) is 0 Å². The van der Waals surface area contributed by atoms with Gasteiger partial charge in [-0.05, 0) is 43.7 Å². The maximum atomic E-state index is 12.8. The molecule has 1 aromatic heterocycles. The minimum atomic E-state index is -0.612. The molecule has 4 unspecified atom stereocenters. The quantitative estimate of drug-likeness (QED) is 0.926. The Labute approximate surface area is 132 Å². The van der Waals surface area contributed by atoms with Crippen LogP contribution in [-0.4, -0.2) is 28.5 Å². The van der Waals surface area contributed by atoms with Crippen molar-refractivity contribution in [1.29, 1.82) is 0 Å². The van der Waals surface area contributed by atoms with Crippen LogP contribution in [0.3, 0.4) is 0 Å². The molecule has 0 spiro atoms. The van der Waals surface area contributed by atoms with Crippen LogP contribution < -0.4 is 0 Å². The average Bonchev–Trinajstić information content (AvgIpc) is 3.18. The van der Waals surface area contributed by atoms with Gasteiger partial charge in [-0.1, -0.05) is 19.8 Å². The average molecular weight is 305 g/mol. The fourth-order valence-corrected chi connectivity index (χ4v) is 4.12. The Morgan fingerprint density at radius 2 is 2.27 bits per heavy atom. The van der Waals surface area contributed by atoms with E-state index in [9.17, 15) is 9.90 Å². The van der Waals surface area contributed by atoms with Gasteiger partial charge in [0.2, 0.25) is 5.91 Å². The predicted molar refractivity (Wildman–Crippen MR) is 84.1 cm³/mol. The summed E-state index contributed by atoms with van der Waals surface area (Å²) in [6, 6.07) is 3.75. The summed E-state index contributed by atoms with van der Waals surface area (Å²) < 4.78 is 5.28. The third-order valence-electron chi connectivity index (χ3n) is 5.31. The standard InChI is InChI=1S/C18H27NO3/c1-13-5-2-6-14(11-13)18(21)19-9-3-7-15(19)12-16(20)17-8-4-10-22-17/h4,8,10,13-16,20H,2-3,5-7,9,11-12H2,1H3. The third-order valence-corrected chi connectivity index (χ3v) is 5.31. The third kappa shape index (κ3) is 3.37. The summed E-state index contributed by atoms with van der Waals surface area (Å²) in [5.41, 5.74) is 0. The van der Waals surface area contributed by atoms with Gasteiger partial charge < -0.3 is 14.4 Å². The molecule has 1 aliphatic carbocycles. The molecule has 1 aromatic rings. The Hall–Kier alpha value is -1.29. The van der Waals surface area contributed by atoms with E-state index in [2.05, 4.69) is 6.92 Å². The summed E-state index contributed by atoms with van der Waals surface area (Å²) in [7, 11) is 0. The zero-order valence-corrected chi connectivity index (χ0v) is 13.4. The van der Waals surface area contributed by atoms with Crippen molar-refractivity contribution in [3.63, 3.8) is 0 Å². The van der Waals surface area contributed by atoms with Crippen LogP contribution in [0.15, 0.2) is 22.8 Å². The number of amides is 1. The molecule has 1 aliphatic heterocycles. The van der Waals surface area contributed by atoms with E-state index in [1.165, 1.54) is 12.8 Å². The topological polar surface area (TPSA) is 53.7 Å². The fourth-order valence-electron chi connectivity index (χ4n) is 4.12. The number of carbonyl (C=O) groups excluding carboxylic acids is 1. The van der Waals surface area contributed by atoms with Gasteiger partial charge in [-0.15, -0.1) is 0 Å². The lowest BCUT2D eigenvalue weighted by Crippen LogP contribution is -2.41. The molecule has 122 valence electrons. The Bertz CT molecular complexity index is 485. The zero-order valence-electron chi connectivity index (χ0n) is 13.4.